The zero-order valence-electron chi connectivity index (χ0n) is 12.9. The number of hydrogen-bond acceptors (Lipinski definition) is 1. The van der Waals surface area contributed by atoms with Gasteiger partial charge in [-0.1, -0.05) is 41.0 Å². The zero-order chi connectivity index (χ0) is 15.1. The Morgan fingerprint density at radius 3 is 2.05 bits per heavy atom. The highest BCUT2D eigenvalue weighted by Crippen LogP contribution is 2.30. The highest BCUT2D eigenvalue weighted by atomic mass is 16.1. The van der Waals surface area contributed by atoms with Crippen LogP contribution in [0.2, 0.25) is 0 Å². The molecule has 21 heavy (non-hydrogen) atoms. The van der Waals surface area contributed by atoms with Crippen molar-refractivity contribution in [2.75, 3.05) is 0 Å². The maximum absolute atomic E-state index is 12.0. The molecule has 0 saturated carbocycles. The van der Waals surface area contributed by atoms with E-state index < -0.39 is 0 Å². The summed E-state index contributed by atoms with van der Waals surface area (Å²) in [4.78, 5) is 15.0. The van der Waals surface area contributed by atoms with Gasteiger partial charge in [0.1, 0.15) is 0 Å². The molecule has 0 fully saturated rings. The van der Waals surface area contributed by atoms with E-state index in [4.69, 9.17) is 0 Å². The minimum Gasteiger partial charge on any atom is -0.322 e. The van der Waals surface area contributed by atoms with Crippen molar-refractivity contribution in [3.63, 3.8) is 0 Å². The van der Waals surface area contributed by atoms with Crippen molar-refractivity contribution in [3.8, 4) is 11.1 Å². The molecule has 2 heteroatoms. The van der Waals surface area contributed by atoms with E-state index in [1.165, 1.54) is 16.7 Å². The summed E-state index contributed by atoms with van der Waals surface area (Å²) in [5.74, 6) is 0. The first kappa shape index (κ1) is 13.6. The van der Waals surface area contributed by atoms with Gasteiger partial charge in [-0.25, -0.2) is 0 Å². The van der Waals surface area contributed by atoms with Gasteiger partial charge < -0.3 is 4.98 Å². The summed E-state index contributed by atoms with van der Waals surface area (Å²) in [6.07, 6.45) is 0. The molecular weight excluding hydrogens is 258 g/mol. The van der Waals surface area contributed by atoms with Crippen molar-refractivity contribution < 1.29 is 0 Å². The van der Waals surface area contributed by atoms with E-state index in [0.29, 0.717) is 0 Å². The molecule has 0 bridgehead atoms. The van der Waals surface area contributed by atoms with Crippen LogP contribution in [-0.4, -0.2) is 4.98 Å². The molecule has 0 radical (unpaired) electrons. The first-order chi connectivity index (χ1) is 9.94. The van der Waals surface area contributed by atoms with Gasteiger partial charge in [0.2, 0.25) is 5.56 Å². The topological polar surface area (TPSA) is 32.9 Å². The number of nitrogens with one attached hydrogen (secondary N) is 1. The Labute approximate surface area is 124 Å². The first-order valence-corrected chi connectivity index (χ1v) is 7.17. The van der Waals surface area contributed by atoms with E-state index in [2.05, 4.69) is 56.1 Å². The Hall–Kier alpha value is -2.35. The average molecular weight is 277 g/mol. The lowest BCUT2D eigenvalue weighted by Crippen LogP contribution is -2.06. The monoisotopic (exact) mass is 277 g/mol. The second-order valence-electron chi connectivity index (χ2n) is 5.93. The van der Waals surface area contributed by atoms with Crippen LogP contribution in [0.15, 0.2) is 41.2 Å². The van der Waals surface area contributed by atoms with Gasteiger partial charge in [0.15, 0.2) is 0 Å². The van der Waals surface area contributed by atoms with Crippen molar-refractivity contribution in [2.24, 2.45) is 0 Å². The van der Waals surface area contributed by atoms with Crippen LogP contribution < -0.4 is 5.56 Å². The van der Waals surface area contributed by atoms with Gasteiger partial charge in [0.05, 0.1) is 5.52 Å². The molecule has 0 aliphatic heterocycles. The number of H-pyrrole nitrogens is 1. The molecule has 3 rings (SSSR count). The molecule has 0 aliphatic carbocycles. The lowest BCUT2D eigenvalue weighted by molar-refractivity contribution is 1.27. The lowest BCUT2D eigenvalue weighted by atomic mass is 9.95. The van der Waals surface area contributed by atoms with Crippen LogP contribution in [0.3, 0.4) is 0 Å². The first-order valence-electron chi connectivity index (χ1n) is 7.17. The molecule has 2 aromatic carbocycles. The minimum atomic E-state index is -0.0522. The number of pyridine rings is 1. The summed E-state index contributed by atoms with van der Waals surface area (Å²) in [6.45, 7) is 8.30. The Balaban J connectivity index is 2.44. The standard InChI is InChI=1S/C19H19NO/c1-11-5-12(2)8-15(7-11)16-10-18(21)20-19-14(4)6-13(3)9-17(16)19/h5-10H,1-4H3,(H,20,21). The third kappa shape index (κ3) is 2.49. The molecule has 1 heterocycles. The predicted molar refractivity (Wildman–Crippen MR) is 89.0 cm³/mol. The average Bonchev–Trinajstić information content (AvgIpc) is 2.38. The van der Waals surface area contributed by atoms with Crippen LogP contribution >= 0.6 is 0 Å². The molecule has 0 aliphatic rings. The molecule has 106 valence electrons. The molecule has 2 nitrogen and oxygen atoms in total. The van der Waals surface area contributed by atoms with E-state index in [0.717, 1.165) is 27.6 Å². The minimum absolute atomic E-state index is 0.0522. The van der Waals surface area contributed by atoms with E-state index in [-0.39, 0.29) is 5.56 Å². The Morgan fingerprint density at radius 1 is 0.762 bits per heavy atom. The normalized spacial score (nSPS) is 11.0. The maximum atomic E-state index is 12.0. The van der Waals surface area contributed by atoms with Gasteiger partial charge in [0, 0.05) is 11.5 Å². The molecule has 1 aromatic heterocycles. The predicted octanol–water partition coefficient (Wildman–Crippen LogP) is 4.43. The van der Waals surface area contributed by atoms with Crippen LogP contribution in [-0.2, 0) is 0 Å². The molecule has 0 saturated heterocycles. The summed E-state index contributed by atoms with van der Waals surface area (Å²) in [6, 6.07) is 12.4. The van der Waals surface area contributed by atoms with Gasteiger partial charge in [-0.2, -0.15) is 0 Å². The van der Waals surface area contributed by atoms with Crippen molar-refractivity contribution in [1.82, 2.24) is 4.98 Å². The van der Waals surface area contributed by atoms with Gasteiger partial charge in [-0.3, -0.25) is 4.79 Å². The van der Waals surface area contributed by atoms with Crippen molar-refractivity contribution in [3.05, 3.63) is 69.0 Å². The van der Waals surface area contributed by atoms with Crippen LogP contribution in [0.5, 0.6) is 0 Å². The largest absolute Gasteiger partial charge is 0.322 e. The van der Waals surface area contributed by atoms with Gasteiger partial charge in [-0.05, 0) is 50.5 Å². The SMILES string of the molecule is Cc1cc(C)cc(-c2cc(=O)[nH]c3c(C)cc(C)cc23)c1. The molecule has 0 unspecified atom stereocenters. The van der Waals surface area contributed by atoms with Crippen LogP contribution in [0.25, 0.3) is 22.0 Å². The number of fused-ring (bicyclic) bond motifs is 1. The molecule has 3 aromatic rings. The van der Waals surface area contributed by atoms with Crippen molar-refractivity contribution in [1.29, 1.82) is 0 Å². The number of rotatable bonds is 1. The lowest BCUT2D eigenvalue weighted by Gasteiger charge is -2.11. The summed E-state index contributed by atoms with van der Waals surface area (Å²) < 4.78 is 0. The zero-order valence-corrected chi connectivity index (χ0v) is 12.9. The number of hydrogen-bond donors (Lipinski definition) is 1. The summed E-state index contributed by atoms with van der Waals surface area (Å²) >= 11 is 0. The fourth-order valence-corrected chi connectivity index (χ4v) is 3.08. The van der Waals surface area contributed by atoms with Crippen molar-refractivity contribution >= 4 is 10.9 Å². The molecule has 0 spiro atoms. The Kier molecular flexibility index (Phi) is 3.17. The van der Waals surface area contributed by atoms with E-state index in [1.807, 2.05) is 6.92 Å². The molecule has 1 N–H and O–H groups in total. The summed E-state index contributed by atoms with van der Waals surface area (Å²) in [5, 5.41) is 1.11. The van der Waals surface area contributed by atoms with E-state index in [9.17, 15) is 4.79 Å². The molecule has 0 atom stereocenters. The van der Waals surface area contributed by atoms with Crippen LogP contribution in [0.4, 0.5) is 0 Å². The Morgan fingerprint density at radius 2 is 1.38 bits per heavy atom. The fraction of sp³-hybridized carbons (Fsp3) is 0.211. The third-order valence-electron chi connectivity index (χ3n) is 3.83. The summed E-state index contributed by atoms with van der Waals surface area (Å²) in [7, 11) is 0. The number of benzene rings is 2. The highest BCUT2D eigenvalue weighted by Gasteiger charge is 2.09. The van der Waals surface area contributed by atoms with E-state index in [1.54, 1.807) is 6.07 Å². The van der Waals surface area contributed by atoms with Crippen molar-refractivity contribution in [2.45, 2.75) is 27.7 Å². The van der Waals surface area contributed by atoms with Gasteiger partial charge in [-0.15, -0.1) is 0 Å². The van der Waals surface area contributed by atoms with Gasteiger partial charge in [0.25, 0.3) is 0 Å². The second-order valence-corrected chi connectivity index (χ2v) is 5.93. The number of aryl methyl sites for hydroxylation is 4. The number of aromatic amines is 1. The molecule has 0 amide bonds. The third-order valence-corrected chi connectivity index (χ3v) is 3.83. The van der Waals surface area contributed by atoms with E-state index >= 15 is 0 Å². The van der Waals surface area contributed by atoms with Crippen LogP contribution in [0.1, 0.15) is 22.3 Å². The second kappa shape index (κ2) is 4.88. The highest BCUT2D eigenvalue weighted by molar-refractivity contribution is 5.96. The summed E-state index contributed by atoms with van der Waals surface area (Å²) in [5.41, 5.74) is 7.73. The smallest absolute Gasteiger partial charge is 0.249 e. The number of aromatic nitrogens is 1. The van der Waals surface area contributed by atoms with Gasteiger partial charge >= 0.3 is 0 Å². The maximum Gasteiger partial charge on any atom is 0.249 e. The fourth-order valence-electron chi connectivity index (χ4n) is 3.08. The quantitative estimate of drug-likeness (QED) is 0.701. The van der Waals surface area contributed by atoms with Crippen LogP contribution in [0, 0.1) is 27.7 Å². The Bertz CT molecular complexity index is 883. The molecular formula is C19H19NO.